The summed E-state index contributed by atoms with van der Waals surface area (Å²) in [5.41, 5.74) is 8.72. The minimum atomic E-state index is 1.39. The molecule has 0 saturated heterocycles. The molecule has 4 aromatic heterocycles. The predicted octanol–water partition coefficient (Wildman–Crippen LogP) is 7.79. The van der Waals surface area contributed by atoms with Crippen LogP contribution in [0.1, 0.15) is 40.4 Å². The van der Waals surface area contributed by atoms with Gasteiger partial charge in [0, 0.05) is 62.7 Å². The smallest absolute Gasteiger partial charge is 0.0445 e. The summed E-state index contributed by atoms with van der Waals surface area (Å²) in [4.78, 5) is 8.48. The molecule has 0 N–H and O–H groups in total. The molecule has 0 saturated carbocycles. The maximum Gasteiger partial charge on any atom is 0.0445 e. The first-order valence-corrected chi connectivity index (χ1v) is 11.9. The van der Waals surface area contributed by atoms with Gasteiger partial charge in [0.1, 0.15) is 0 Å². The van der Waals surface area contributed by atoms with Crippen molar-refractivity contribution < 1.29 is 0 Å². The first kappa shape index (κ1) is 15.3. The van der Waals surface area contributed by atoms with Gasteiger partial charge in [-0.15, -0.1) is 45.3 Å². The fraction of sp³-hybridized carbons (Fsp3) is 0.0909. The lowest BCUT2D eigenvalue weighted by atomic mass is 10.0. The van der Waals surface area contributed by atoms with Crippen molar-refractivity contribution in [3.05, 3.63) is 87.5 Å². The van der Waals surface area contributed by atoms with Gasteiger partial charge in [-0.1, -0.05) is 12.1 Å². The Labute approximate surface area is 168 Å². The topological polar surface area (TPSA) is 0 Å². The number of hydrogen-bond acceptors (Lipinski definition) is 4. The molecule has 0 aromatic carbocycles. The average Bonchev–Trinajstić information content (AvgIpc) is 3.36. The van der Waals surface area contributed by atoms with Crippen molar-refractivity contribution in [1.29, 1.82) is 0 Å². The van der Waals surface area contributed by atoms with Crippen LogP contribution in [0.5, 0.6) is 0 Å². The summed E-state index contributed by atoms with van der Waals surface area (Å²) in [6.07, 6.45) is 0. The van der Waals surface area contributed by atoms with Crippen molar-refractivity contribution in [2.75, 3.05) is 0 Å². The molecule has 2 aliphatic carbocycles. The Morgan fingerprint density at radius 1 is 0.615 bits per heavy atom. The summed E-state index contributed by atoms with van der Waals surface area (Å²) >= 11 is 7.59. The van der Waals surface area contributed by atoms with Crippen molar-refractivity contribution >= 4 is 67.6 Å². The molecule has 4 aromatic rings. The van der Waals surface area contributed by atoms with Gasteiger partial charge in [-0.05, 0) is 48.9 Å². The first-order valence-electron chi connectivity index (χ1n) is 8.51. The van der Waals surface area contributed by atoms with E-state index in [4.69, 9.17) is 0 Å². The van der Waals surface area contributed by atoms with Crippen LogP contribution in [0.25, 0.3) is 22.3 Å². The Balaban J connectivity index is 1.80. The summed E-state index contributed by atoms with van der Waals surface area (Å²) < 4.78 is 0. The number of thiophene rings is 4. The van der Waals surface area contributed by atoms with Crippen LogP contribution in [0.3, 0.4) is 0 Å². The molecule has 0 bridgehead atoms. The van der Waals surface area contributed by atoms with Crippen molar-refractivity contribution in [3.8, 4) is 0 Å². The monoisotopic (exact) mass is 406 g/mol. The number of aryl methyl sites for hydroxylation is 2. The molecule has 126 valence electrons. The van der Waals surface area contributed by atoms with E-state index in [2.05, 4.69) is 61.0 Å². The Morgan fingerprint density at radius 3 is 1.46 bits per heavy atom. The third kappa shape index (κ3) is 1.93. The van der Waals surface area contributed by atoms with Crippen molar-refractivity contribution in [1.82, 2.24) is 0 Å². The highest BCUT2D eigenvalue weighted by molar-refractivity contribution is 7.17. The van der Waals surface area contributed by atoms with E-state index in [1.807, 2.05) is 45.3 Å². The molecule has 2 aliphatic rings. The standard InChI is InChI=1S/C22H14S4/c1-11-9-13-17-18(19(21(13)25-11)15-5-3-7-23-15)14-10-12(2)26-22(14)20(17)16-6-4-8-24-16/h3-10H,1-2H3. The van der Waals surface area contributed by atoms with Crippen LogP contribution in [0.15, 0.2) is 47.2 Å². The molecule has 6 rings (SSSR count). The average molecular weight is 407 g/mol. The van der Waals surface area contributed by atoms with Gasteiger partial charge < -0.3 is 0 Å². The zero-order valence-corrected chi connectivity index (χ0v) is 17.5. The van der Waals surface area contributed by atoms with E-state index in [0.717, 1.165) is 0 Å². The number of allylic oxidation sites excluding steroid dienone is 2. The second-order valence-corrected chi connectivity index (χ2v) is 11.1. The molecular formula is C22H14S4. The second kappa shape index (κ2) is 5.40. The van der Waals surface area contributed by atoms with E-state index in [1.165, 1.54) is 62.7 Å². The predicted molar refractivity (Wildman–Crippen MR) is 119 cm³/mol. The lowest BCUT2D eigenvalue weighted by molar-refractivity contribution is 1.61. The summed E-state index contributed by atoms with van der Waals surface area (Å²) in [7, 11) is 0. The summed E-state index contributed by atoms with van der Waals surface area (Å²) in [5, 5.41) is 4.39. The number of fused-ring (bicyclic) bond motifs is 5. The molecule has 0 aliphatic heterocycles. The zero-order valence-electron chi connectivity index (χ0n) is 14.3. The van der Waals surface area contributed by atoms with Gasteiger partial charge in [-0.25, -0.2) is 0 Å². The van der Waals surface area contributed by atoms with Crippen LogP contribution < -0.4 is 0 Å². The Hall–Kier alpha value is -1.72. The summed E-state index contributed by atoms with van der Waals surface area (Å²) in [5.74, 6) is 0. The van der Waals surface area contributed by atoms with Crippen molar-refractivity contribution in [3.63, 3.8) is 0 Å². The molecule has 0 unspecified atom stereocenters. The zero-order chi connectivity index (χ0) is 17.4. The molecule has 4 heteroatoms. The van der Waals surface area contributed by atoms with Crippen LogP contribution >= 0.6 is 45.3 Å². The van der Waals surface area contributed by atoms with Gasteiger partial charge >= 0.3 is 0 Å². The van der Waals surface area contributed by atoms with Gasteiger partial charge in [0.05, 0.1) is 0 Å². The molecule has 0 spiro atoms. The van der Waals surface area contributed by atoms with Crippen LogP contribution in [0, 0.1) is 13.8 Å². The molecule has 0 fully saturated rings. The van der Waals surface area contributed by atoms with Crippen molar-refractivity contribution in [2.45, 2.75) is 13.8 Å². The third-order valence-corrected chi connectivity index (χ3v) is 8.90. The van der Waals surface area contributed by atoms with E-state index in [-0.39, 0.29) is 0 Å². The third-order valence-electron chi connectivity index (χ3n) is 4.99. The van der Waals surface area contributed by atoms with Gasteiger partial charge in [0.15, 0.2) is 0 Å². The van der Waals surface area contributed by atoms with Crippen LogP contribution in [0.2, 0.25) is 0 Å². The largest absolute Gasteiger partial charge is 0.144 e. The van der Waals surface area contributed by atoms with E-state index in [0.29, 0.717) is 0 Å². The Morgan fingerprint density at radius 2 is 1.08 bits per heavy atom. The van der Waals surface area contributed by atoms with Crippen molar-refractivity contribution in [2.24, 2.45) is 0 Å². The minimum Gasteiger partial charge on any atom is -0.144 e. The molecule has 0 amide bonds. The highest BCUT2D eigenvalue weighted by atomic mass is 32.1. The van der Waals surface area contributed by atoms with Gasteiger partial charge in [0.25, 0.3) is 0 Å². The SMILES string of the molecule is Cc1cc2c(s1)C(c1cccs1)=C1C2=C(c2cccs2)c2sc(C)cc21. The Kier molecular flexibility index (Phi) is 3.19. The lowest BCUT2D eigenvalue weighted by Crippen LogP contribution is -1.83. The summed E-state index contributed by atoms with van der Waals surface area (Å²) in [6.45, 7) is 4.46. The van der Waals surface area contributed by atoms with Crippen LogP contribution in [-0.4, -0.2) is 0 Å². The normalized spacial score (nSPS) is 15.0. The van der Waals surface area contributed by atoms with Gasteiger partial charge in [0.2, 0.25) is 0 Å². The minimum absolute atomic E-state index is 1.39. The molecule has 0 atom stereocenters. The van der Waals surface area contributed by atoms with E-state index in [1.54, 1.807) is 0 Å². The molecular weight excluding hydrogens is 393 g/mol. The molecule has 26 heavy (non-hydrogen) atoms. The van der Waals surface area contributed by atoms with Gasteiger partial charge in [-0.3, -0.25) is 0 Å². The first-order chi connectivity index (χ1) is 12.7. The maximum absolute atomic E-state index is 2.40. The fourth-order valence-corrected chi connectivity index (χ4v) is 7.96. The number of rotatable bonds is 2. The molecule has 0 radical (unpaired) electrons. The van der Waals surface area contributed by atoms with E-state index in [9.17, 15) is 0 Å². The quantitative estimate of drug-likeness (QED) is 0.318. The highest BCUT2D eigenvalue weighted by Crippen LogP contribution is 2.62. The van der Waals surface area contributed by atoms with Gasteiger partial charge in [-0.2, -0.15) is 0 Å². The maximum atomic E-state index is 2.40. The Bertz CT molecular complexity index is 1120. The molecule has 0 nitrogen and oxygen atoms in total. The molecule has 4 heterocycles. The van der Waals surface area contributed by atoms with Crippen LogP contribution in [-0.2, 0) is 0 Å². The van der Waals surface area contributed by atoms with Crippen LogP contribution in [0.4, 0.5) is 0 Å². The van der Waals surface area contributed by atoms with E-state index < -0.39 is 0 Å². The lowest BCUT2D eigenvalue weighted by Gasteiger charge is -2.04. The second-order valence-electron chi connectivity index (χ2n) is 6.65. The highest BCUT2D eigenvalue weighted by Gasteiger charge is 2.40. The number of hydrogen-bond donors (Lipinski definition) is 0. The fourth-order valence-electron chi connectivity index (χ4n) is 4.10. The van der Waals surface area contributed by atoms with E-state index >= 15 is 0 Å². The summed E-state index contributed by atoms with van der Waals surface area (Å²) in [6, 6.07) is 13.7.